The van der Waals surface area contributed by atoms with E-state index in [0.29, 0.717) is 27.4 Å². The first kappa shape index (κ1) is 23.1. The maximum absolute atomic E-state index is 13.8. The Balaban J connectivity index is 1.43. The summed E-state index contributed by atoms with van der Waals surface area (Å²) in [6.45, 7) is 0. The number of ketones is 2. The van der Waals surface area contributed by atoms with Crippen LogP contribution >= 0.6 is 11.6 Å². The monoisotopic (exact) mass is 508 g/mol. The van der Waals surface area contributed by atoms with Crippen LogP contribution in [0.1, 0.15) is 20.7 Å². The average Bonchev–Trinajstić information content (AvgIpc) is 3.40. The molecule has 2 saturated heterocycles. The largest absolute Gasteiger partial charge is 0.359 e. The lowest BCUT2D eigenvalue weighted by Gasteiger charge is -2.32. The predicted molar refractivity (Wildman–Crippen MR) is 139 cm³/mol. The van der Waals surface area contributed by atoms with Crippen LogP contribution in [0.5, 0.6) is 0 Å². The molecule has 0 radical (unpaired) electrons. The summed E-state index contributed by atoms with van der Waals surface area (Å²) in [6.07, 6.45) is 5.05. The molecule has 0 unspecified atom stereocenters. The second kappa shape index (κ2) is 8.98. The number of rotatable bonds is 5. The zero-order valence-corrected chi connectivity index (χ0v) is 20.3. The second-order valence-electron chi connectivity index (χ2n) is 9.29. The van der Waals surface area contributed by atoms with Gasteiger partial charge in [0.15, 0.2) is 11.6 Å². The maximum atomic E-state index is 13.8. The average molecular weight is 509 g/mol. The van der Waals surface area contributed by atoms with Crippen LogP contribution in [0.4, 0.5) is 5.69 Å². The third-order valence-electron chi connectivity index (χ3n) is 7.26. The summed E-state index contributed by atoms with van der Waals surface area (Å²) in [4.78, 5) is 57.5. The summed E-state index contributed by atoms with van der Waals surface area (Å²) in [6, 6.07) is 22.6. The fourth-order valence-corrected chi connectivity index (χ4v) is 5.70. The number of carbonyl (C=O) groups excluding carboxylic acids is 4. The van der Waals surface area contributed by atoms with Gasteiger partial charge < -0.3 is 4.90 Å². The molecule has 6 nitrogen and oxygen atoms in total. The summed E-state index contributed by atoms with van der Waals surface area (Å²) in [5.74, 6) is -2.95. The maximum Gasteiger partial charge on any atom is 0.240 e. The van der Waals surface area contributed by atoms with Crippen molar-refractivity contribution in [1.82, 2.24) is 4.90 Å². The van der Waals surface area contributed by atoms with E-state index in [2.05, 4.69) is 0 Å². The number of hydrogen-bond donors (Lipinski definition) is 0. The van der Waals surface area contributed by atoms with Crippen LogP contribution in [0, 0.1) is 11.8 Å². The highest BCUT2D eigenvalue weighted by Crippen LogP contribution is 2.47. The van der Waals surface area contributed by atoms with Crippen molar-refractivity contribution in [3.8, 4) is 0 Å². The summed E-state index contributed by atoms with van der Waals surface area (Å²) < 4.78 is 0. The quantitative estimate of drug-likeness (QED) is 0.368. The number of benzene rings is 3. The van der Waals surface area contributed by atoms with Gasteiger partial charge in [0.05, 0.1) is 23.6 Å². The highest BCUT2D eigenvalue weighted by molar-refractivity contribution is 6.30. The molecule has 37 heavy (non-hydrogen) atoms. The van der Waals surface area contributed by atoms with Crippen LogP contribution in [0.2, 0.25) is 5.02 Å². The standard InChI is InChI=1S/C30H21ClN2O4/c31-21-13-11-19(12-14-21)28(35)26-25-24(29(36)33(30(25)37)22-9-5-2-6-10-22)23-17-20(15-16-32(23)26)27(34)18-7-3-1-4-8-18/h1-17,23-26H/t23-,24+,25-,26-/m1/s1. The van der Waals surface area contributed by atoms with Gasteiger partial charge in [-0.05, 0) is 42.5 Å². The van der Waals surface area contributed by atoms with Crippen molar-refractivity contribution < 1.29 is 19.2 Å². The number of anilines is 1. The van der Waals surface area contributed by atoms with Crippen molar-refractivity contribution in [3.63, 3.8) is 0 Å². The van der Waals surface area contributed by atoms with Gasteiger partial charge in [0.2, 0.25) is 11.8 Å². The Hall–Kier alpha value is -4.29. The fraction of sp³-hybridized carbons (Fsp3) is 0.133. The molecule has 2 fully saturated rings. The van der Waals surface area contributed by atoms with Gasteiger partial charge in [-0.25, -0.2) is 4.90 Å². The Morgan fingerprint density at radius 1 is 0.730 bits per heavy atom. The number of para-hydroxylation sites is 1. The Bertz CT molecular complexity index is 1480. The zero-order valence-electron chi connectivity index (χ0n) is 19.5. The van der Waals surface area contributed by atoms with Crippen molar-refractivity contribution in [3.05, 3.63) is 125 Å². The Morgan fingerprint density at radius 2 is 1.35 bits per heavy atom. The SMILES string of the molecule is O=C(C1=C[C@@H]2[C@@H]3C(=O)N(c4ccccc4)C(=O)[C@H]3[C@H](C(=O)c3ccc(Cl)cc3)N2C=C1)c1ccccc1. The smallest absolute Gasteiger partial charge is 0.240 e. The van der Waals surface area contributed by atoms with Crippen LogP contribution in [0.25, 0.3) is 0 Å². The fourth-order valence-electron chi connectivity index (χ4n) is 5.57. The topological polar surface area (TPSA) is 74.8 Å². The molecule has 0 aliphatic carbocycles. The molecule has 0 bridgehead atoms. The van der Waals surface area contributed by atoms with Gasteiger partial charge in [0, 0.05) is 27.9 Å². The van der Waals surface area contributed by atoms with E-state index >= 15 is 0 Å². The van der Waals surface area contributed by atoms with Gasteiger partial charge in [-0.3, -0.25) is 19.2 Å². The molecule has 0 spiro atoms. The number of nitrogens with zero attached hydrogens (tertiary/aromatic N) is 2. The van der Waals surface area contributed by atoms with Crippen LogP contribution < -0.4 is 4.90 Å². The molecule has 6 rings (SSSR count). The van der Waals surface area contributed by atoms with Crippen molar-refractivity contribution in [2.24, 2.45) is 11.8 Å². The van der Waals surface area contributed by atoms with E-state index in [-0.39, 0.29) is 17.5 Å². The van der Waals surface area contributed by atoms with Crippen LogP contribution in [0.3, 0.4) is 0 Å². The molecule has 3 aromatic carbocycles. The summed E-state index contributed by atoms with van der Waals surface area (Å²) in [7, 11) is 0. The second-order valence-corrected chi connectivity index (χ2v) is 9.72. The van der Waals surface area contributed by atoms with E-state index in [0.717, 1.165) is 0 Å². The van der Waals surface area contributed by atoms with Crippen LogP contribution in [0.15, 0.2) is 109 Å². The Kier molecular flexibility index (Phi) is 5.61. The lowest BCUT2D eigenvalue weighted by atomic mass is 9.85. The molecular formula is C30H21ClN2O4. The van der Waals surface area contributed by atoms with E-state index in [9.17, 15) is 19.2 Å². The van der Waals surface area contributed by atoms with Gasteiger partial charge in [-0.1, -0.05) is 66.2 Å². The number of fused-ring (bicyclic) bond motifs is 3. The Labute approximate surface area is 218 Å². The van der Waals surface area contributed by atoms with Gasteiger partial charge in [0.1, 0.15) is 6.04 Å². The number of Topliss-reactive ketones (excluding diaryl/α,β-unsaturated/α-hetero) is 2. The lowest BCUT2D eigenvalue weighted by molar-refractivity contribution is -0.123. The van der Waals surface area contributed by atoms with Gasteiger partial charge in [-0.15, -0.1) is 0 Å². The summed E-state index contributed by atoms with van der Waals surface area (Å²) >= 11 is 6.02. The van der Waals surface area contributed by atoms with E-state index in [4.69, 9.17) is 11.6 Å². The molecule has 182 valence electrons. The number of hydrogen-bond acceptors (Lipinski definition) is 5. The van der Waals surface area contributed by atoms with E-state index in [1.165, 1.54) is 4.90 Å². The highest BCUT2D eigenvalue weighted by atomic mass is 35.5. The first-order chi connectivity index (χ1) is 18.0. The number of halogens is 1. The van der Waals surface area contributed by atoms with Gasteiger partial charge in [-0.2, -0.15) is 0 Å². The van der Waals surface area contributed by atoms with Crippen molar-refractivity contribution in [2.45, 2.75) is 12.1 Å². The molecular weight excluding hydrogens is 488 g/mol. The van der Waals surface area contributed by atoms with E-state index < -0.39 is 29.8 Å². The third-order valence-corrected chi connectivity index (χ3v) is 7.51. The van der Waals surface area contributed by atoms with E-state index in [1.54, 1.807) is 102 Å². The molecule has 0 aromatic heterocycles. The minimum atomic E-state index is -0.901. The molecule has 0 saturated carbocycles. The first-order valence-electron chi connectivity index (χ1n) is 12.0. The lowest BCUT2D eigenvalue weighted by Crippen LogP contribution is -2.46. The summed E-state index contributed by atoms with van der Waals surface area (Å²) in [5.41, 5.74) is 1.81. The molecule has 7 heteroatoms. The minimum Gasteiger partial charge on any atom is -0.359 e. The number of imide groups is 1. The normalized spacial score (nSPS) is 24.1. The van der Waals surface area contributed by atoms with Crippen LogP contribution in [-0.2, 0) is 9.59 Å². The van der Waals surface area contributed by atoms with Crippen molar-refractivity contribution >= 4 is 40.7 Å². The van der Waals surface area contributed by atoms with Crippen molar-refractivity contribution in [2.75, 3.05) is 4.90 Å². The molecule has 0 N–H and O–H groups in total. The van der Waals surface area contributed by atoms with Crippen LogP contribution in [-0.4, -0.2) is 40.4 Å². The number of allylic oxidation sites excluding steroid dienone is 2. The molecule has 3 heterocycles. The van der Waals surface area contributed by atoms with Gasteiger partial charge >= 0.3 is 0 Å². The molecule has 3 aliphatic heterocycles. The highest BCUT2D eigenvalue weighted by Gasteiger charge is 2.63. The molecule has 3 aliphatic rings. The number of carbonyl (C=O) groups is 4. The molecule has 4 atom stereocenters. The molecule has 2 amide bonds. The predicted octanol–water partition coefficient (Wildman–Crippen LogP) is 4.72. The zero-order chi connectivity index (χ0) is 25.7. The Morgan fingerprint density at radius 3 is 2.03 bits per heavy atom. The third kappa shape index (κ3) is 3.72. The van der Waals surface area contributed by atoms with Crippen molar-refractivity contribution in [1.29, 1.82) is 0 Å². The summed E-state index contributed by atoms with van der Waals surface area (Å²) in [5, 5.41) is 0.492. The number of amides is 2. The molecule has 3 aromatic rings. The van der Waals surface area contributed by atoms with E-state index in [1.807, 2.05) is 6.07 Å². The first-order valence-corrected chi connectivity index (χ1v) is 12.3. The van der Waals surface area contributed by atoms with Gasteiger partial charge in [0.25, 0.3) is 0 Å². The minimum absolute atomic E-state index is 0.183.